The Morgan fingerprint density at radius 2 is 2.09 bits per heavy atom. The van der Waals surface area contributed by atoms with Crippen LogP contribution in [0.2, 0.25) is 0 Å². The first-order valence-electron chi connectivity index (χ1n) is 10.8. The zero-order valence-corrected chi connectivity index (χ0v) is 18.4. The van der Waals surface area contributed by atoms with E-state index in [0.29, 0.717) is 31.0 Å². The standard InChI is InChI=1S/C23H27N5O4/c1-23(2)9-14-7-18(27-22(29)17-10-26-28-6-4-5-25-21(17)28)16(8-19(14)32-23)15-12-30-20(11-24-3)31-13-15/h4-8,10,15,20,24H,9,11-13H2,1-3H3,(H,27,29). The summed E-state index contributed by atoms with van der Waals surface area (Å²) >= 11 is 0. The summed E-state index contributed by atoms with van der Waals surface area (Å²) in [5, 5.41) is 10.4. The number of ether oxygens (including phenoxy) is 3. The highest BCUT2D eigenvalue weighted by atomic mass is 16.7. The van der Waals surface area contributed by atoms with Crippen molar-refractivity contribution in [3.63, 3.8) is 0 Å². The van der Waals surface area contributed by atoms with Gasteiger partial charge in [0.25, 0.3) is 5.91 Å². The molecule has 2 aliphatic rings. The summed E-state index contributed by atoms with van der Waals surface area (Å²) in [6.07, 6.45) is 5.44. The molecule has 2 N–H and O–H groups in total. The van der Waals surface area contributed by atoms with Crippen LogP contribution in [0, 0.1) is 0 Å². The van der Waals surface area contributed by atoms with Gasteiger partial charge in [-0.3, -0.25) is 4.79 Å². The fourth-order valence-corrected chi connectivity index (χ4v) is 4.30. The Hall–Kier alpha value is -3.01. The summed E-state index contributed by atoms with van der Waals surface area (Å²) in [6.45, 7) is 5.74. The van der Waals surface area contributed by atoms with Crippen LogP contribution in [0.1, 0.15) is 41.3 Å². The quantitative estimate of drug-likeness (QED) is 0.632. The molecule has 5 rings (SSSR count). The fourth-order valence-electron chi connectivity index (χ4n) is 4.30. The van der Waals surface area contributed by atoms with Gasteiger partial charge in [-0.05, 0) is 44.7 Å². The number of rotatable bonds is 5. The molecule has 32 heavy (non-hydrogen) atoms. The maximum Gasteiger partial charge on any atom is 0.261 e. The normalized spacial score (nSPS) is 21.8. The highest BCUT2D eigenvalue weighted by molar-refractivity contribution is 6.08. The van der Waals surface area contributed by atoms with Crippen molar-refractivity contribution >= 4 is 17.2 Å². The van der Waals surface area contributed by atoms with Crippen LogP contribution in [0.3, 0.4) is 0 Å². The van der Waals surface area contributed by atoms with Gasteiger partial charge in [-0.15, -0.1) is 0 Å². The van der Waals surface area contributed by atoms with Gasteiger partial charge >= 0.3 is 0 Å². The summed E-state index contributed by atoms with van der Waals surface area (Å²) in [5.41, 5.74) is 3.37. The highest BCUT2D eigenvalue weighted by Gasteiger charge is 2.33. The van der Waals surface area contributed by atoms with Crippen LogP contribution in [0.15, 0.2) is 36.8 Å². The van der Waals surface area contributed by atoms with Gasteiger partial charge in [0.2, 0.25) is 0 Å². The summed E-state index contributed by atoms with van der Waals surface area (Å²) in [5.74, 6) is 0.555. The SMILES string of the molecule is CNCC1OCC(c2cc3c(cc2NC(=O)c2cnn4cccnc24)CC(C)(C)O3)CO1. The van der Waals surface area contributed by atoms with E-state index in [2.05, 4.69) is 34.6 Å². The zero-order chi connectivity index (χ0) is 22.3. The molecule has 9 heteroatoms. The van der Waals surface area contributed by atoms with Gasteiger partial charge in [0.1, 0.15) is 16.9 Å². The van der Waals surface area contributed by atoms with Crippen molar-refractivity contribution in [3.05, 3.63) is 53.5 Å². The smallest absolute Gasteiger partial charge is 0.261 e. The van der Waals surface area contributed by atoms with Crippen LogP contribution in [0.25, 0.3) is 5.65 Å². The molecule has 1 aromatic carbocycles. The molecule has 0 atom stereocenters. The number of carbonyl (C=O) groups excluding carboxylic acids is 1. The Bertz CT molecular complexity index is 1150. The van der Waals surface area contributed by atoms with E-state index in [4.69, 9.17) is 14.2 Å². The molecule has 9 nitrogen and oxygen atoms in total. The van der Waals surface area contributed by atoms with E-state index >= 15 is 0 Å². The summed E-state index contributed by atoms with van der Waals surface area (Å²) < 4.78 is 19.5. The Labute approximate surface area is 186 Å². The maximum absolute atomic E-state index is 13.2. The predicted octanol–water partition coefficient (Wildman–Crippen LogP) is 2.37. The lowest BCUT2D eigenvalue weighted by Gasteiger charge is -2.30. The minimum Gasteiger partial charge on any atom is -0.487 e. The third-order valence-corrected chi connectivity index (χ3v) is 5.78. The summed E-state index contributed by atoms with van der Waals surface area (Å²) in [6, 6.07) is 5.80. The van der Waals surface area contributed by atoms with E-state index in [1.807, 2.05) is 19.2 Å². The molecule has 0 spiro atoms. The number of nitrogens with zero attached hydrogens (tertiary/aromatic N) is 3. The Kier molecular flexibility index (Phi) is 5.32. The van der Waals surface area contributed by atoms with Gasteiger partial charge in [0.15, 0.2) is 11.9 Å². The van der Waals surface area contributed by atoms with E-state index in [0.717, 1.165) is 29.0 Å². The first kappa shape index (κ1) is 20.9. The number of aromatic nitrogens is 3. The molecule has 1 saturated heterocycles. The van der Waals surface area contributed by atoms with Gasteiger partial charge in [-0.1, -0.05) is 0 Å². The Morgan fingerprint density at radius 1 is 1.28 bits per heavy atom. The lowest BCUT2D eigenvalue weighted by atomic mass is 9.94. The van der Waals surface area contributed by atoms with E-state index in [1.165, 1.54) is 6.20 Å². The highest BCUT2D eigenvalue weighted by Crippen LogP contribution is 2.41. The maximum atomic E-state index is 13.2. The minimum absolute atomic E-state index is 0.0296. The molecule has 0 radical (unpaired) electrons. The van der Waals surface area contributed by atoms with Crippen molar-refractivity contribution in [2.45, 2.75) is 38.1 Å². The summed E-state index contributed by atoms with van der Waals surface area (Å²) in [7, 11) is 1.86. The molecule has 1 amide bonds. The van der Waals surface area contributed by atoms with Crippen LogP contribution in [-0.4, -0.2) is 59.2 Å². The second-order valence-corrected chi connectivity index (χ2v) is 8.84. The fraction of sp³-hybridized carbons (Fsp3) is 0.435. The van der Waals surface area contributed by atoms with Crippen molar-refractivity contribution in [2.75, 3.05) is 32.1 Å². The first-order chi connectivity index (χ1) is 15.4. The molecule has 2 aliphatic heterocycles. The van der Waals surface area contributed by atoms with Crippen LogP contribution in [-0.2, 0) is 15.9 Å². The lowest BCUT2D eigenvalue weighted by Crippen LogP contribution is -2.37. The van der Waals surface area contributed by atoms with Crippen molar-refractivity contribution < 1.29 is 19.0 Å². The third kappa shape index (κ3) is 3.94. The number of likely N-dealkylation sites (N-methyl/N-ethyl adjacent to an activating group) is 1. The number of nitrogens with one attached hydrogen (secondary N) is 2. The molecule has 0 aliphatic carbocycles. The number of fused-ring (bicyclic) bond motifs is 2. The topological polar surface area (TPSA) is 99.0 Å². The second-order valence-electron chi connectivity index (χ2n) is 8.84. The van der Waals surface area contributed by atoms with Gasteiger partial charge in [-0.2, -0.15) is 5.10 Å². The van der Waals surface area contributed by atoms with Crippen LogP contribution in [0.4, 0.5) is 5.69 Å². The van der Waals surface area contributed by atoms with Crippen LogP contribution >= 0.6 is 0 Å². The van der Waals surface area contributed by atoms with Crippen molar-refractivity contribution in [1.82, 2.24) is 19.9 Å². The van der Waals surface area contributed by atoms with Crippen LogP contribution < -0.4 is 15.4 Å². The Balaban J connectivity index is 1.46. The monoisotopic (exact) mass is 437 g/mol. The van der Waals surface area contributed by atoms with Gasteiger partial charge in [0.05, 0.1) is 19.4 Å². The number of hydrogen-bond acceptors (Lipinski definition) is 7. The molecule has 0 saturated carbocycles. The van der Waals surface area contributed by atoms with Gasteiger partial charge in [-0.25, -0.2) is 9.50 Å². The first-order valence-corrected chi connectivity index (χ1v) is 10.8. The number of carbonyl (C=O) groups is 1. The minimum atomic E-state index is -0.286. The lowest BCUT2D eigenvalue weighted by molar-refractivity contribution is -0.183. The van der Waals surface area contributed by atoms with E-state index in [-0.39, 0.29) is 23.7 Å². The molecular formula is C23H27N5O4. The van der Waals surface area contributed by atoms with E-state index < -0.39 is 0 Å². The van der Waals surface area contributed by atoms with Crippen molar-refractivity contribution in [2.24, 2.45) is 0 Å². The molecule has 4 heterocycles. The number of hydrogen-bond donors (Lipinski definition) is 2. The van der Waals surface area contributed by atoms with Crippen molar-refractivity contribution in [3.8, 4) is 5.75 Å². The van der Waals surface area contributed by atoms with Gasteiger partial charge < -0.3 is 24.8 Å². The number of amides is 1. The average Bonchev–Trinajstić information content (AvgIpc) is 3.33. The van der Waals surface area contributed by atoms with Crippen LogP contribution in [0.5, 0.6) is 5.75 Å². The molecule has 3 aromatic rings. The molecule has 2 aromatic heterocycles. The molecular weight excluding hydrogens is 410 g/mol. The zero-order valence-electron chi connectivity index (χ0n) is 18.4. The number of benzene rings is 1. The number of anilines is 1. The molecule has 168 valence electrons. The average molecular weight is 438 g/mol. The largest absolute Gasteiger partial charge is 0.487 e. The van der Waals surface area contributed by atoms with Crippen molar-refractivity contribution in [1.29, 1.82) is 0 Å². The second kappa shape index (κ2) is 8.16. The summed E-state index contributed by atoms with van der Waals surface area (Å²) in [4.78, 5) is 17.5. The Morgan fingerprint density at radius 3 is 2.88 bits per heavy atom. The third-order valence-electron chi connectivity index (χ3n) is 5.78. The van der Waals surface area contributed by atoms with E-state index in [1.54, 1.807) is 23.0 Å². The molecule has 0 bridgehead atoms. The molecule has 0 unspecified atom stereocenters. The van der Waals surface area contributed by atoms with Gasteiger partial charge in [0, 0.05) is 42.5 Å². The molecule has 1 fully saturated rings. The predicted molar refractivity (Wildman–Crippen MR) is 118 cm³/mol. The van der Waals surface area contributed by atoms with E-state index in [9.17, 15) is 4.79 Å².